The van der Waals surface area contributed by atoms with E-state index in [0.717, 1.165) is 6.42 Å². The van der Waals surface area contributed by atoms with Gasteiger partial charge in [0.2, 0.25) is 0 Å². The first-order valence-corrected chi connectivity index (χ1v) is 6.75. The number of nitrogens with zero attached hydrogens (tertiary/aromatic N) is 1. The number of hydrogen-bond acceptors (Lipinski definition) is 5. The zero-order valence-electron chi connectivity index (χ0n) is 12.0. The van der Waals surface area contributed by atoms with E-state index in [2.05, 4.69) is 0 Å². The summed E-state index contributed by atoms with van der Waals surface area (Å²) in [7, 11) is 3.18. The highest BCUT2D eigenvalue weighted by atomic mass is 16.5. The molecule has 1 aliphatic rings. The minimum atomic E-state index is -1.01. The molecule has 0 saturated carbocycles. The third-order valence-corrected chi connectivity index (χ3v) is 3.22. The Morgan fingerprint density at radius 2 is 1.80 bits per heavy atom. The Bertz CT molecular complexity index is 322. The first-order chi connectivity index (χ1) is 9.60. The van der Waals surface area contributed by atoms with Crippen LogP contribution >= 0.6 is 0 Å². The number of carbonyl (C=O) groups is 2. The van der Waals surface area contributed by atoms with E-state index in [4.69, 9.17) is 19.3 Å². The SMILES string of the molecule is COCCCN(CCOC)C(=O)C1CCC(C(=O)O)O1. The Morgan fingerprint density at radius 3 is 2.35 bits per heavy atom. The van der Waals surface area contributed by atoms with Crippen LogP contribution in [-0.4, -0.2) is 74.6 Å². The van der Waals surface area contributed by atoms with Crippen molar-refractivity contribution in [3.05, 3.63) is 0 Å². The van der Waals surface area contributed by atoms with Crippen LogP contribution < -0.4 is 0 Å². The van der Waals surface area contributed by atoms with Crippen molar-refractivity contribution in [2.75, 3.05) is 40.5 Å². The second kappa shape index (κ2) is 8.89. The molecule has 1 amide bonds. The van der Waals surface area contributed by atoms with Crippen molar-refractivity contribution >= 4 is 11.9 Å². The Balaban J connectivity index is 2.51. The summed E-state index contributed by atoms with van der Waals surface area (Å²) in [5, 5.41) is 8.88. The van der Waals surface area contributed by atoms with Crippen LogP contribution in [0.2, 0.25) is 0 Å². The normalized spacial score (nSPS) is 21.9. The minimum absolute atomic E-state index is 0.165. The molecule has 1 fully saturated rings. The van der Waals surface area contributed by atoms with Crippen LogP contribution in [0.4, 0.5) is 0 Å². The third kappa shape index (κ3) is 5.07. The Hall–Kier alpha value is -1.18. The standard InChI is InChI=1S/C13H23NO6/c1-18-8-3-6-14(7-9-19-2)12(15)10-4-5-11(20-10)13(16)17/h10-11H,3-9H2,1-2H3,(H,16,17). The highest BCUT2D eigenvalue weighted by molar-refractivity contribution is 5.82. The van der Waals surface area contributed by atoms with E-state index in [-0.39, 0.29) is 5.91 Å². The molecule has 116 valence electrons. The van der Waals surface area contributed by atoms with Gasteiger partial charge in [0.05, 0.1) is 6.61 Å². The Morgan fingerprint density at radius 1 is 1.15 bits per heavy atom. The predicted octanol–water partition coefficient (Wildman–Crippen LogP) is 0.130. The monoisotopic (exact) mass is 289 g/mol. The molecule has 1 heterocycles. The molecule has 7 heteroatoms. The molecule has 1 rings (SSSR count). The van der Waals surface area contributed by atoms with Gasteiger partial charge in [-0.2, -0.15) is 0 Å². The lowest BCUT2D eigenvalue weighted by molar-refractivity contribution is -0.155. The summed E-state index contributed by atoms with van der Waals surface area (Å²) in [6, 6.07) is 0. The molecule has 0 aromatic carbocycles. The quantitative estimate of drug-likeness (QED) is 0.607. The molecule has 0 bridgehead atoms. The molecule has 0 aromatic heterocycles. The van der Waals surface area contributed by atoms with Gasteiger partial charge >= 0.3 is 5.97 Å². The lowest BCUT2D eigenvalue weighted by atomic mass is 10.1. The molecule has 0 radical (unpaired) electrons. The molecule has 1 saturated heterocycles. The molecule has 0 aromatic rings. The summed E-state index contributed by atoms with van der Waals surface area (Å²) in [5.41, 5.74) is 0. The fraction of sp³-hybridized carbons (Fsp3) is 0.846. The van der Waals surface area contributed by atoms with E-state index in [1.807, 2.05) is 0 Å². The number of hydrogen-bond donors (Lipinski definition) is 1. The van der Waals surface area contributed by atoms with Gasteiger partial charge in [0.15, 0.2) is 6.10 Å². The number of ether oxygens (including phenoxy) is 3. The van der Waals surface area contributed by atoms with Gasteiger partial charge in [0.25, 0.3) is 5.91 Å². The molecular weight excluding hydrogens is 266 g/mol. The van der Waals surface area contributed by atoms with Gasteiger partial charge in [-0.05, 0) is 19.3 Å². The number of carboxylic acid groups (broad SMARTS) is 1. The van der Waals surface area contributed by atoms with Crippen molar-refractivity contribution in [2.24, 2.45) is 0 Å². The van der Waals surface area contributed by atoms with E-state index >= 15 is 0 Å². The number of amides is 1. The molecule has 0 spiro atoms. The molecule has 7 nitrogen and oxygen atoms in total. The first kappa shape index (κ1) is 16.9. The Kier molecular flexibility index (Phi) is 7.50. The van der Waals surface area contributed by atoms with Gasteiger partial charge < -0.3 is 24.2 Å². The first-order valence-electron chi connectivity index (χ1n) is 6.75. The summed E-state index contributed by atoms with van der Waals surface area (Å²) in [4.78, 5) is 24.8. The smallest absolute Gasteiger partial charge is 0.332 e. The number of rotatable bonds is 9. The molecular formula is C13H23NO6. The largest absolute Gasteiger partial charge is 0.479 e. The fourth-order valence-corrected chi connectivity index (χ4v) is 2.14. The lowest BCUT2D eigenvalue weighted by Crippen LogP contribution is -2.42. The average Bonchev–Trinajstić information content (AvgIpc) is 2.92. The number of carbonyl (C=O) groups excluding carboxylic acids is 1. The van der Waals surface area contributed by atoms with Gasteiger partial charge in [-0.15, -0.1) is 0 Å². The van der Waals surface area contributed by atoms with Crippen molar-refractivity contribution in [3.63, 3.8) is 0 Å². The molecule has 2 atom stereocenters. The minimum Gasteiger partial charge on any atom is -0.479 e. The second-order valence-corrected chi connectivity index (χ2v) is 4.69. The number of carboxylic acids is 1. The summed E-state index contributed by atoms with van der Waals surface area (Å²) in [6.07, 6.45) is 0.0229. The second-order valence-electron chi connectivity index (χ2n) is 4.69. The molecule has 2 unspecified atom stereocenters. The third-order valence-electron chi connectivity index (χ3n) is 3.22. The zero-order chi connectivity index (χ0) is 15.0. The summed E-state index contributed by atoms with van der Waals surface area (Å²) in [5.74, 6) is -1.18. The van der Waals surface area contributed by atoms with Crippen LogP contribution in [-0.2, 0) is 23.8 Å². The van der Waals surface area contributed by atoms with Gasteiger partial charge in [-0.3, -0.25) is 4.79 Å². The highest BCUT2D eigenvalue weighted by Crippen LogP contribution is 2.21. The highest BCUT2D eigenvalue weighted by Gasteiger charge is 2.36. The van der Waals surface area contributed by atoms with Gasteiger partial charge in [-0.1, -0.05) is 0 Å². The molecule has 20 heavy (non-hydrogen) atoms. The maximum atomic E-state index is 12.3. The zero-order valence-corrected chi connectivity index (χ0v) is 12.0. The number of methoxy groups -OCH3 is 2. The van der Waals surface area contributed by atoms with Crippen molar-refractivity contribution in [3.8, 4) is 0 Å². The maximum Gasteiger partial charge on any atom is 0.332 e. The van der Waals surface area contributed by atoms with Gasteiger partial charge in [0, 0.05) is 33.9 Å². The van der Waals surface area contributed by atoms with E-state index in [9.17, 15) is 9.59 Å². The van der Waals surface area contributed by atoms with Crippen LogP contribution in [0.25, 0.3) is 0 Å². The summed E-state index contributed by atoms with van der Waals surface area (Å²) in [6.45, 7) is 2.03. The predicted molar refractivity (Wildman–Crippen MR) is 70.5 cm³/mol. The van der Waals surface area contributed by atoms with E-state index < -0.39 is 18.2 Å². The van der Waals surface area contributed by atoms with Crippen LogP contribution in [0, 0.1) is 0 Å². The number of aliphatic carboxylic acids is 1. The maximum absolute atomic E-state index is 12.3. The summed E-state index contributed by atoms with van der Waals surface area (Å²) < 4.78 is 15.3. The van der Waals surface area contributed by atoms with E-state index in [1.165, 1.54) is 0 Å². The van der Waals surface area contributed by atoms with E-state index in [0.29, 0.717) is 39.1 Å². The Labute approximate surface area is 118 Å². The topological polar surface area (TPSA) is 85.3 Å². The van der Waals surface area contributed by atoms with Crippen LogP contribution in [0.5, 0.6) is 0 Å². The van der Waals surface area contributed by atoms with Crippen LogP contribution in [0.3, 0.4) is 0 Å². The molecule has 0 aliphatic carbocycles. The van der Waals surface area contributed by atoms with Gasteiger partial charge in [-0.25, -0.2) is 4.79 Å². The van der Waals surface area contributed by atoms with Crippen LogP contribution in [0.1, 0.15) is 19.3 Å². The lowest BCUT2D eigenvalue weighted by Gasteiger charge is -2.25. The summed E-state index contributed by atoms with van der Waals surface area (Å²) >= 11 is 0. The van der Waals surface area contributed by atoms with Gasteiger partial charge in [0.1, 0.15) is 6.10 Å². The fourth-order valence-electron chi connectivity index (χ4n) is 2.14. The van der Waals surface area contributed by atoms with Crippen molar-refractivity contribution in [2.45, 2.75) is 31.5 Å². The average molecular weight is 289 g/mol. The molecule has 1 N–H and O–H groups in total. The van der Waals surface area contributed by atoms with Crippen LogP contribution in [0.15, 0.2) is 0 Å². The molecule has 1 aliphatic heterocycles. The van der Waals surface area contributed by atoms with Crippen molar-refractivity contribution in [1.82, 2.24) is 4.90 Å². The van der Waals surface area contributed by atoms with E-state index in [1.54, 1.807) is 19.1 Å². The van der Waals surface area contributed by atoms with Crippen molar-refractivity contribution < 1.29 is 28.9 Å². The van der Waals surface area contributed by atoms with Crippen molar-refractivity contribution in [1.29, 1.82) is 0 Å².